The lowest BCUT2D eigenvalue weighted by molar-refractivity contribution is -0.139. The van der Waals surface area contributed by atoms with E-state index in [4.69, 9.17) is 0 Å². The van der Waals surface area contributed by atoms with E-state index >= 15 is 0 Å². The van der Waals surface area contributed by atoms with Crippen molar-refractivity contribution in [1.82, 2.24) is 15.2 Å². The summed E-state index contributed by atoms with van der Waals surface area (Å²) in [5, 5.41) is 16.9. The van der Waals surface area contributed by atoms with E-state index in [0.29, 0.717) is 0 Å². The van der Waals surface area contributed by atoms with Gasteiger partial charge in [0.15, 0.2) is 0 Å². The minimum absolute atomic E-state index is 0.225. The number of alkyl halides is 3. The summed E-state index contributed by atoms with van der Waals surface area (Å²) in [5.74, 6) is 0. The van der Waals surface area contributed by atoms with E-state index in [1.807, 2.05) is 0 Å². The van der Waals surface area contributed by atoms with Gasteiger partial charge in [-0.05, 0) is 12.1 Å². The van der Waals surface area contributed by atoms with Crippen LogP contribution in [0.15, 0.2) is 36.9 Å². The first-order chi connectivity index (χ1) is 8.50. The largest absolute Gasteiger partial charge is 0.416 e. The molecule has 2 heterocycles. The average molecular weight is 255 g/mol. The highest BCUT2D eigenvalue weighted by Crippen LogP contribution is 2.35. The standard InChI is InChI=1S/C11H8F3N3O/c12-11(13,14)9-2-3-15-6-8(9)10(18)7-1-4-16-17-5-7/h1-6,10,18H. The van der Waals surface area contributed by atoms with Gasteiger partial charge in [0.1, 0.15) is 6.10 Å². The molecule has 0 aliphatic heterocycles. The van der Waals surface area contributed by atoms with Gasteiger partial charge in [-0.25, -0.2) is 0 Å². The second kappa shape index (κ2) is 4.69. The molecule has 7 heteroatoms. The fraction of sp³-hybridized carbons (Fsp3) is 0.182. The smallest absolute Gasteiger partial charge is 0.384 e. The first-order valence-corrected chi connectivity index (χ1v) is 4.96. The Bertz CT molecular complexity index is 531. The first-order valence-electron chi connectivity index (χ1n) is 4.96. The van der Waals surface area contributed by atoms with Crippen molar-refractivity contribution < 1.29 is 18.3 Å². The van der Waals surface area contributed by atoms with Crippen LogP contribution in [0.3, 0.4) is 0 Å². The van der Waals surface area contributed by atoms with Crippen LogP contribution < -0.4 is 0 Å². The summed E-state index contributed by atoms with van der Waals surface area (Å²) in [6, 6.07) is 2.22. The highest BCUT2D eigenvalue weighted by atomic mass is 19.4. The van der Waals surface area contributed by atoms with Gasteiger partial charge in [0, 0.05) is 29.7 Å². The average Bonchev–Trinajstić information content (AvgIpc) is 2.38. The predicted molar refractivity (Wildman–Crippen MR) is 55.3 cm³/mol. The molecule has 0 saturated heterocycles. The molecule has 94 valence electrons. The predicted octanol–water partition coefficient (Wildman–Crippen LogP) is 1.97. The Kier molecular flexibility index (Phi) is 3.24. The van der Waals surface area contributed by atoms with Gasteiger partial charge >= 0.3 is 6.18 Å². The molecule has 1 atom stereocenters. The SMILES string of the molecule is OC(c1ccnnc1)c1cnccc1C(F)(F)F. The number of aromatic nitrogens is 3. The highest BCUT2D eigenvalue weighted by molar-refractivity contribution is 5.33. The maximum atomic E-state index is 12.8. The zero-order chi connectivity index (χ0) is 13.2. The summed E-state index contributed by atoms with van der Waals surface area (Å²) < 4.78 is 38.3. The van der Waals surface area contributed by atoms with Crippen molar-refractivity contribution in [2.24, 2.45) is 0 Å². The van der Waals surface area contributed by atoms with Gasteiger partial charge < -0.3 is 5.11 Å². The molecule has 2 rings (SSSR count). The Labute approximate surface area is 100 Å². The quantitative estimate of drug-likeness (QED) is 0.891. The van der Waals surface area contributed by atoms with E-state index in [9.17, 15) is 18.3 Å². The third kappa shape index (κ3) is 2.45. The van der Waals surface area contributed by atoms with Crippen LogP contribution in [-0.2, 0) is 6.18 Å². The Morgan fingerprint density at radius 2 is 1.83 bits per heavy atom. The van der Waals surface area contributed by atoms with E-state index in [1.54, 1.807) is 0 Å². The number of nitrogens with zero attached hydrogens (tertiary/aromatic N) is 3. The van der Waals surface area contributed by atoms with Crippen LogP contribution in [0.4, 0.5) is 13.2 Å². The first kappa shape index (κ1) is 12.4. The number of aliphatic hydroxyl groups is 1. The molecular weight excluding hydrogens is 247 g/mol. The summed E-state index contributed by atoms with van der Waals surface area (Å²) in [6.45, 7) is 0. The van der Waals surface area contributed by atoms with Gasteiger partial charge in [0.2, 0.25) is 0 Å². The second-order valence-electron chi connectivity index (χ2n) is 3.54. The molecule has 18 heavy (non-hydrogen) atoms. The summed E-state index contributed by atoms with van der Waals surface area (Å²) in [5.41, 5.74) is -0.997. The lowest BCUT2D eigenvalue weighted by Crippen LogP contribution is -2.13. The van der Waals surface area contributed by atoms with Crippen LogP contribution >= 0.6 is 0 Å². The molecule has 0 aliphatic carbocycles. The Balaban J connectivity index is 2.46. The van der Waals surface area contributed by atoms with E-state index < -0.39 is 17.8 Å². The molecule has 0 aliphatic rings. The molecule has 4 nitrogen and oxygen atoms in total. The summed E-state index contributed by atoms with van der Waals surface area (Å²) in [7, 11) is 0. The minimum Gasteiger partial charge on any atom is -0.384 e. The third-order valence-corrected chi connectivity index (χ3v) is 2.37. The van der Waals surface area contributed by atoms with Crippen LogP contribution in [0.25, 0.3) is 0 Å². The van der Waals surface area contributed by atoms with Gasteiger partial charge in [0.05, 0.1) is 11.8 Å². The Hall–Kier alpha value is -2.02. The van der Waals surface area contributed by atoms with Crippen molar-refractivity contribution in [3.8, 4) is 0 Å². The van der Waals surface area contributed by atoms with Gasteiger partial charge in [0.25, 0.3) is 0 Å². The lowest BCUT2D eigenvalue weighted by Gasteiger charge is -2.16. The fourth-order valence-corrected chi connectivity index (χ4v) is 1.52. The van der Waals surface area contributed by atoms with Crippen molar-refractivity contribution >= 4 is 0 Å². The maximum absolute atomic E-state index is 12.8. The number of rotatable bonds is 2. The normalized spacial score (nSPS) is 13.3. The van der Waals surface area contributed by atoms with Gasteiger partial charge in [-0.15, -0.1) is 0 Å². The molecule has 0 saturated carbocycles. The number of pyridine rings is 1. The molecule has 0 bridgehead atoms. The van der Waals surface area contributed by atoms with Gasteiger partial charge in [-0.3, -0.25) is 4.98 Å². The van der Waals surface area contributed by atoms with Crippen molar-refractivity contribution in [3.63, 3.8) is 0 Å². The number of hydrogen-bond acceptors (Lipinski definition) is 4. The molecule has 1 unspecified atom stereocenters. The monoisotopic (exact) mass is 255 g/mol. The summed E-state index contributed by atoms with van der Waals surface area (Å²) in [6.07, 6.45) is -1.46. The van der Waals surface area contributed by atoms with Crippen LogP contribution in [0.2, 0.25) is 0 Å². The van der Waals surface area contributed by atoms with Crippen LogP contribution in [-0.4, -0.2) is 20.3 Å². The molecule has 0 aromatic carbocycles. The molecular formula is C11H8F3N3O. The van der Waals surface area contributed by atoms with Crippen molar-refractivity contribution in [3.05, 3.63) is 53.6 Å². The zero-order valence-corrected chi connectivity index (χ0v) is 8.96. The number of hydrogen-bond donors (Lipinski definition) is 1. The topological polar surface area (TPSA) is 58.9 Å². The fourth-order valence-electron chi connectivity index (χ4n) is 1.52. The Morgan fingerprint density at radius 1 is 1.06 bits per heavy atom. The zero-order valence-electron chi connectivity index (χ0n) is 8.96. The maximum Gasteiger partial charge on any atom is 0.416 e. The molecule has 0 spiro atoms. The van der Waals surface area contributed by atoms with Crippen LogP contribution in [0.1, 0.15) is 22.8 Å². The summed E-state index contributed by atoms with van der Waals surface area (Å²) in [4.78, 5) is 3.61. The van der Waals surface area contributed by atoms with Crippen LogP contribution in [0, 0.1) is 0 Å². The third-order valence-electron chi connectivity index (χ3n) is 2.37. The minimum atomic E-state index is -4.54. The van der Waals surface area contributed by atoms with E-state index in [-0.39, 0.29) is 11.1 Å². The highest BCUT2D eigenvalue weighted by Gasteiger charge is 2.35. The molecule has 0 radical (unpaired) electrons. The van der Waals surface area contributed by atoms with Crippen molar-refractivity contribution in [2.75, 3.05) is 0 Å². The molecule has 2 aromatic rings. The Morgan fingerprint density at radius 3 is 2.44 bits per heavy atom. The number of aliphatic hydroxyl groups excluding tert-OH is 1. The molecule has 2 aromatic heterocycles. The molecule has 1 N–H and O–H groups in total. The van der Waals surface area contributed by atoms with Crippen LogP contribution in [0.5, 0.6) is 0 Å². The summed E-state index contributed by atoms with van der Waals surface area (Å²) >= 11 is 0. The lowest BCUT2D eigenvalue weighted by atomic mass is 10.00. The van der Waals surface area contributed by atoms with E-state index in [2.05, 4.69) is 15.2 Å². The van der Waals surface area contributed by atoms with E-state index in [1.165, 1.54) is 18.5 Å². The van der Waals surface area contributed by atoms with Crippen molar-refractivity contribution in [2.45, 2.75) is 12.3 Å². The molecule has 0 amide bonds. The van der Waals surface area contributed by atoms with Gasteiger partial charge in [-0.1, -0.05) is 0 Å². The second-order valence-corrected chi connectivity index (χ2v) is 3.54. The molecule has 0 fully saturated rings. The number of halogens is 3. The van der Waals surface area contributed by atoms with Crippen molar-refractivity contribution in [1.29, 1.82) is 0 Å². The van der Waals surface area contributed by atoms with E-state index in [0.717, 1.165) is 18.5 Å². The van der Waals surface area contributed by atoms with Gasteiger partial charge in [-0.2, -0.15) is 23.4 Å².